The van der Waals surface area contributed by atoms with Crippen molar-refractivity contribution in [1.82, 2.24) is 14.5 Å². The van der Waals surface area contributed by atoms with Crippen LogP contribution in [0.2, 0.25) is 0 Å². The standard InChI is InChI=1S/C29H28N4O5/c1-32-17-19(13-25-29(36)28-23(35)14-20(34)15-24(28)38-25)27-21(3-2-4-22(27)32)18-5-6-26(31-16-18)30-7-8-33-9-11-37-12-10-33/h2-6,13-17,34-35H,7-12H2,1H3,(H,30,31). The molecule has 9 heteroatoms. The highest BCUT2D eigenvalue weighted by Gasteiger charge is 2.31. The Morgan fingerprint density at radius 1 is 1.13 bits per heavy atom. The lowest BCUT2D eigenvalue weighted by Crippen LogP contribution is -2.39. The number of nitrogens with one attached hydrogen (secondary N) is 1. The number of aromatic nitrogens is 2. The van der Waals surface area contributed by atoms with E-state index in [0.717, 1.165) is 78.9 Å². The average molecular weight is 513 g/mol. The average Bonchev–Trinajstić information content (AvgIpc) is 3.41. The third kappa shape index (κ3) is 4.46. The number of pyridine rings is 1. The summed E-state index contributed by atoms with van der Waals surface area (Å²) in [4.78, 5) is 20.0. The number of anilines is 1. The molecule has 0 amide bonds. The Kier molecular flexibility index (Phi) is 6.22. The molecule has 0 spiro atoms. The molecule has 9 nitrogen and oxygen atoms in total. The van der Waals surface area contributed by atoms with E-state index >= 15 is 0 Å². The summed E-state index contributed by atoms with van der Waals surface area (Å²) in [6.07, 6.45) is 5.47. The number of ether oxygens (including phenoxy) is 2. The Hall–Kier alpha value is -4.34. The van der Waals surface area contributed by atoms with Gasteiger partial charge in [-0.3, -0.25) is 9.69 Å². The van der Waals surface area contributed by atoms with Gasteiger partial charge < -0.3 is 29.6 Å². The third-order valence-corrected chi connectivity index (χ3v) is 6.98. The Morgan fingerprint density at radius 2 is 1.97 bits per heavy atom. The van der Waals surface area contributed by atoms with Gasteiger partial charge in [-0.25, -0.2) is 4.98 Å². The summed E-state index contributed by atoms with van der Waals surface area (Å²) in [6.45, 7) is 5.24. The number of fused-ring (bicyclic) bond motifs is 2. The number of phenols is 2. The number of phenolic OH excluding ortho intramolecular Hbond substituents is 2. The number of nitrogens with zero attached hydrogens (tertiary/aromatic N) is 3. The van der Waals surface area contributed by atoms with Gasteiger partial charge in [0.2, 0.25) is 5.78 Å². The minimum Gasteiger partial charge on any atom is -0.508 e. The molecule has 38 heavy (non-hydrogen) atoms. The zero-order chi connectivity index (χ0) is 26.2. The van der Waals surface area contributed by atoms with Crippen LogP contribution in [-0.2, 0) is 11.8 Å². The largest absolute Gasteiger partial charge is 0.508 e. The first-order chi connectivity index (χ1) is 18.5. The van der Waals surface area contributed by atoms with Crippen LogP contribution in [0.5, 0.6) is 17.2 Å². The number of carbonyl (C=O) groups excluding carboxylic acids is 1. The van der Waals surface area contributed by atoms with Crippen molar-refractivity contribution < 1.29 is 24.5 Å². The van der Waals surface area contributed by atoms with Crippen molar-refractivity contribution in [1.29, 1.82) is 0 Å². The number of ketones is 1. The predicted octanol–water partition coefficient (Wildman–Crippen LogP) is 4.01. The Bertz CT molecular complexity index is 1550. The van der Waals surface area contributed by atoms with Crippen LogP contribution in [0, 0.1) is 0 Å². The Morgan fingerprint density at radius 3 is 2.76 bits per heavy atom. The molecule has 2 aromatic heterocycles. The van der Waals surface area contributed by atoms with E-state index in [9.17, 15) is 15.0 Å². The molecule has 2 aromatic carbocycles. The van der Waals surface area contributed by atoms with Crippen molar-refractivity contribution in [2.45, 2.75) is 0 Å². The van der Waals surface area contributed by atoms with Gasteiger partial charge in [0, 0.05) is 79.8 Å². The molecule has 1 fully saturated rings. The summed E-state index contributed by atoms with van der Waals surface area (Å²) >= 11 is 0. The van der Waals surface area contributed by atoms with E-state index in [-0.39, 0.29) is 28.6 Å². The summed E-state index contributed by atoms with van der Waals surface area (Å²) in [5, 5.41) is 24.3. The van der Waals surface area contributed by atoms with Crippen LogP contribution >= 0.6 is 0 Å². The molecule has 0 aliphatic carbocycles. The van der Waals surface area contributed by atoms with Crippen molar-refractivity contribution in [3.05, 3.63) is 71.7 Å². The molecule has 3 N–H and O–H groups in total. The van der Waals surface area contributed by atoms with Gasteiger partial charge in [-0.2, -0.15) is 0 Å². The maximum atomic E-state index is 13.0. The molecule has 4 heterocycles. The first-order valence-corrected chi connectivity index (χ1v) is 12.6. The van der Waals surface area contributed by atoms with Gasteiger partial charge in [-0.15, -0.1) is 0 Å². The molecule has 1 saturated heterocycles. The molecule has 2 aliphatic heterocycles. The van der Waals surface area contributed by atoms with Gasteiger partial charge in [-0.1, -0.05) is 12.1 Å². The molecule has 0 unspecified atom stereocenters. The summed E-state index contributed by atoms with van der Waals surface area (Å²) < 4.78 is 13.1. The highest BCUT2D eigenvalue weighted by molar-refractivity contribution is 6.17. The Labute approximate surface area is 219 Å². The molecule has 2 aliphatic rings. The second kappa shape index (κ2) is 9.85. The quantitative estimate of drug-likeness (QED) is 0.333. The number of Topliss-reactive ketones (excluding diaryl/α,β-unsaturated/α-hetero) is 1. The van der Waals surface area contributed by atoms with Gasteiger partial charge in [0.25, 0.3) is 0 Å². The minimum absolute atomic E-state index is 0.0513. The zero-order valence-electron chi connectivity index (χ0n) is 21.0. The highest BCUT2D eigenvalue weighted by atomic mass is 16.5. The fourth-order valence-corrected chi connectivity index (χ4v) is 5.07. The number of aromatic hydroxyl groups is 2. The fourth-order valence-electron chi connectivity index (χ4n) is 5.07. The summed E-state index contributed by atoms with van der Waals surface area (Å²) in [7, 11) is 1.95. The number of allylic oxidation sites excluding steroid dienone is 1. The maximum Gasteiger partial charge on any atom is 0.235 e. The SMILES string of the molecule is Cn1cc(C=C2Oc3cc(O)cc(O)c3C2=O)c2c(-c3ccc(NCCN4CCOCC4)nc3)cccc21. The van der Waals surface area contributed by atoms with Gasteiger partial charge in [0.15, 0.2) is 5.76 Å². The molecular formula is C29H28N4O5. The van der Waals surface area contributed by atoms with E-state index in [2.05, 4.69) is 15.2 Å². The number of benzene rings is 2. The summed E-state index contributed by atoms with van der Waals surface area (Å²) in [5.41, 5.74) is 3.77. The van der Waals surface area contributed by atoms with Crippen LogP contribution in [0.1, 0.15) is 15.9 Å². The molecular weight excluding hydrogens is 484 g/mol. The number of rotatable bonds is 6. The van der Waals surface area contributed by atoms with E-state index in [4.69, 9.17) is 9.47 Å². The molecule has 6 rings (SSSR count). The van der Waals surface area contributed by atoms with E-state index in [1.54, 1.807) is 6.08 Å². The van der Waals surface area contributed by atoms with Crippen LogP contribution in [-0.4, -0.2) is 69.8 Å². The third-order valence-electron chi connectivity index (χ3n) is 6.98. The normalized spacial score (nSPS) is 16.7. The van der Waals surface area contributed by atoms with Crippen molar-refractivity contribution in [2.75, 3.05) is 44.7 Å². The van der Waals surface area contributed by atoms with Crippen molar-refractivity contribution in [3.63, 3.8) is 0 Å². The predicted molar refractivity (Wildman–Crippen MR) is 145 cm³/mol. The van der Waals surface area contributed by atoms with Crippen molar-refractivity contribution in [3.8, 4) is 28.4 Å². The molecule has 0 bridgehead atoms. The lowest BCUT2D eigenvalue weighted by atomic mass is 9.99. The zero-order valence-corrected chi connectivity index (χ0v) is 21.0. The molecule has 194 valence electrons. The van der Waals surface area contributed by atoms with E-state index in [1.165, 1.54) is 6.07 Å². The number of hydrogen-bond acceptors (Lipinski definition) is 8. The topological polar surface area (TPSA) is 109 Å². The van der Waals surface area contributed by atoms with Gasteiger partial charge in [-0.05, 0) is 29.8 Å². The minimum atomic E-state index is -0.429. The van der Waals surface area contributed by atoms with Crippen LogP contribution in [0.25, 0.3) is 28.1 Å². The first kappa shape index (κ1) is 24.0. The second-order valence-electron chi connectivity index (χ2n) is 9.49. The lowest BCUT2D eigenvalue weighted by molar-refractivity contribution is 0.0398. The number of hydrogen-bond donors (Lipinski definition) is 3. The van der Waals surface area contributed by atoms with Crippen LogP contribution < -0.4 is 10.1 Å². The smallest absolute Gasteiger partial charge is 0.235 e. The lowest BCUT2D eigenvalue weighted by Gasteiger charge is -2.26. The molecule has 0 saturated carbocycles. The maximum absolute atomic E-state index is 13.0. The Balaban J connectivity index is 1.28. The van der Waals surface area contributed by atoms with Gasteiger partial charge in [0.1, 0.15) is 28.6 Å². The number of carbonyl (C=O) groups is 1. The molecule has 0 radical (unpaired) electrons. The molecule has 4 aromatic rings. The van der Waals surface area contributed by atoms with E-state index in [1.807, 2.05) is 54.3 Å². The van der Waals surface area contributed by atoms with E-state index in [0.29, 0.717) is 0 Å². The second-order valence-corrected chi connectivity index (χ2v) is 9.49. The number of morpholine rings is 1. The van der Waals surface area contributed by atoms with E-state index < -0.39 is 5.78 Å². The first-order valence-electron chi connectivity index (χ1n) is 12.6. The van der Waals surface area contributed by atoms with Crippen LogP contribution in [0.4, 0.5) is 5.82 Å². The summed E-state index contributed by atoms with van der Waals surface area (Å²) in [6, 6.07) is 12.5. The molecule has 0 atom stereocenters. The van der Waals surface area contributed by atoms with Crippen molar-refractivity contribution in [2.24, 2.45) is 7.05 Å². The van der Waals surface area contributed by atoms with Crippen LogP contribution in [0.3, 0.4) is 0 Å². The fraction of sp³-hybridized carbons (Fsp3) is 0.241. The highest BCUT2D eigenvalue weighted by Crippen LogP contribution is 2.41. The number of aryl methyl sites for hydroxylation is 1. The van der Waals surface area contributed by atoms with Gasteiger partial charge >= 0.3 is 0 Å². The van der Waals surface area contributed by atoms with Crippen molar-refractivity contribution >= 4 is 28.6 Å². The van der Waals surface area contributed by atoms with Crippen LogP contribution in [0.15, 0.2) is 60.6 Å². The van der Waals surface area contributed by atoms with Gasteiger partial charge in [0.05, 0.1) is 13.2 Å². The summed E-state index contributed by atoms with van der Waals surface area (Å²) in [5.74, 6) is 0.129. The monoisotopic (exact) mass is 512 g/mol.